The summed E-state index contributed by atoms with van der Waals surface area (Å²) in [6.07, 6.45) is 3.81. The molecule has 0 aliphatic rings. The second kappa shape index (κ2) is 6.20. The molecule has 0 spiro atoms. The van der Waals surface area contributed by atoms with Crippen LogP contribution in [0.2, 0.25) is 0 Å². The fourth-order valence-corrected chi connectivity index (χ4v) is 2.89. The van der Waals surface area contributed by atoms with Gasteiger partial charge in [0, 0.05) is 12.4 Å². The number of fused-ring (bicyclic) bond motifs is 1. The second-order valence-corrected chi connectivity index (χ2v) is 5.82. The van der Waals surface area contributed by atoms with E-state index in [0.717, 1.165) is 28.2 Å². The van der Waals surface area contributed by atoms with Gasteiger partial charge in [0.2, 0.25) is 0 Å². The van der Waals surface area contributed by atoms with E-state index in [1.54, 1.807) is 0 Å². The van der Waals surface area contributed by atoms with Gasteiger partial charge in [-0.3, -0.25) is 4.40 Å². The summed E-state index contributed by atoms with van der Waals surface area (Å²) in [7, 11) is 0. The number of ether oxygens (including phenoxy) is 1. The Hall–Kier alpha value is -3.07. The summed E-state index contributed by atoms with van der Waals surface area (Å²) in [4.78, 5) is 4.35. The van der Waals surface area contributed by atoms with Crippen LogP contribution in [0.5, 0.6) is 5.75 Å². The second-order valence-electron chi connectivity index (χ2n) is 5.82. The highest BCUT2D eigenvalue weighted by atomic mass is 16.5. The van der Waals surface area contributed by atoms with Crippen molar-refractivity contribution in [3.8, 4) is 17.0 Å². The summed E-state index contributed by atoms with van der Waals surface area (Å²) in [6, 6.07) is 22.7. The maximum Gasteiger partial charge on any atom is 0.137 e. The first-order chi connectivity index (χ1) is 11.8. The predicted molar refractivity (Wildman–Crippen MR) is 96.1 cm³/mol. The van der Waals surface area contributed by atoms with E-state index in [1.165, 1.54) is 5.56 Å². The van der Waals surface area contributed by atoms with Gasteiger partial charge in [0.15, 0.2) is 0 Å². The molecule has 24 heavy (non-hydrogen) atoms. The van der Waals surface area contributed by atoms with Crippen molar-refractivity contribution in [1.82, 2.24) is 9.38 Å². The number of benzene rings is 2. The zero-order valence-corrected chi connectivity index (χ0v) is 13.5. The Morgan fingerprint density at radius 2 is 1.83 bits per heavy atom. The zero-order chi connectivity index (χ0) is 16.4. The number of imidazole rings is 1. The minimum atomic E-state index is 0.581. The third kappa shape index (κ3) is 2.76. The van der Waals surface area contributed by atoms with Crippen LogP contribution in [0.1, 0.15) is 11.1 Å². The van der Waals surface area contributed by atoms with Gasteiger partial charge in [-0.1, -0.05) is 36.4 Å². The highest BCUT2D eigenvalue weighted by Crippen LogP contribution is 2.27. The minimum absolute atomic E-state index is 0.581. The van der Waals surface area contributed by atoms with E-state index >= 15 is 0 Å². The van der Waals surface area contributed by atoms with Crippen molar-refractivity contribution in [2.75, 3.05) is 0 Å². The Morgan fingerprint density at radius 1 is 0.958 bits per heavy atom. The maximum absolute atomic E-state index is 5.97. The van der Waals surface area contributed by atoms with Gasteiger partial charge in [-0.25, -0.2) is 4.98 Å². The average Bonchev–Trinajstić information content (AvgIpc) is 3.10. The number of aromatic nitrogens is 2. The molecule has 0 N–H and O–H groups in total. The van der Waals surface area contributed by atoms with Crippen molar-refractivity contribution in [3.63, 3.8) is 0 Å². The number of rotatable bonds is 4. The molecular formula is C21H18N2O. The first kappa shape index (κ1) is 14.5. The molecule has 2 aromatic heterocycles. The molecule has 3 heteroatoms. The third-order valence-electron chi connectivity index (χ3n) is 4.14. The van der Waals surface area contributed by atoms with E-state index in [4.69, 9.17) is 4.74 Å². The minimum Gasteiger partial charge on any atom is -0.489 e. The van der Waals surface area contributed by atoms with Crippen molar-refractivity contribution in [3.05, 3.63) is 90.3 Å². The summed E-state index contributed by atoms with van der Waals surface area (Å²) >= 11 is 0. The molecule has 4 rings (SSSR count). The molecule has 0 aliphatic carbocycles. The van der Waals surface area contributed by atoms with Crippen molar-refractivity contribution in [2.24, 2.45) is 0 Å². The quantitative estimate of drug-likeness (QED) is 0.536. The summed E-state index contributed by atoms with van der Waals surface area (Å²) in [6.45, 7) is 2.66. The molecule has 0 amide bonds. The van der Waals surface area contributed by atoms with Crippen molar-refractivity contribution >= 4 is 5.65 Å². The SMILES string of the molecule is Cc1cc(-c2cccc3nccn23)ccc1OCc1ccccc1. The van der Waals surface area contributed by atoms with Gasteiger partial charge < -0.3 is 4.74 Å². The first-order valence-electron chi connectivity index (χ1n) is 8.01. The molecule has 0 radical (unpaired) electrons. The first-order valence-corrected chi connectivity index (χ1v) is 8.01. The lowest BCUT2D eigenvalue weighted by atomic mass is 10.1. The van der Waals surface area contributed by atoms with Crippen LogP contribution < -0.4 is 4.74 Å². The van der Waals surface area contributed by atoms with E-state index in [1.807, 2.05) is 48.8 Å². The standard InChI is InChI=1S/C21H18N2O/c1-16-14-18(19-8-5-9-21-22-12-13-23(19)21)10-11-20(16)24-15-17-6-3-2-4-7-17/h2-14H,15H2,1H3. The Morgan fingerprint density at radius 3 is 2.67 bits per heavy atom. The largest absolute Gasteiger partial charge is 0.489 e. The highest BCUT2D eigenvalue weighted by Gasteiger charge is 2.07. The lowest BCUT2D eigenvalue weighted by molar-refractivity contribution is 0.304. The van der Waals surface area contributed by atoms with Gasteiger partial charge >= 0.3 is 0 Å². The molecule has 3 nitrogen and oxygen atoms in total. The number of pyridine rings is 1. The zero-order valence-electron chi connectivity index (χ0n) is 13.5. The summed E-state index contributed by atoms with van der Waals surface area (Å²) < 4.78 is 8.06. The van der Waals surface area contributed by atoms with Gasteiger partial charge in [0.25, 0.3) is 0 Å². The van der Waals surface area contributed by atoms with Gasteiger partial charge in [0.05, 0.1) is 5.69 Å². The average molecular weight is 314 g/mol. The van der Waals surface area contributed by atoms with Crippen LogP contribution in [0.4, 0.5) is 0 Å². The molecule has 0 saturated heterocycles. The van der Waals surface area contributed by atoms with E-state index < -0.39 is 0 Å². The number of nitrogens with zero attached hydrogens (tertiary/aromatic N) is 2. The molecule has 2 aromatic carbocycles. The fourth-order valence-electron chi connectivity index (χ4n) is 2.89. The van der Waals surface area contributed by atoms with E-state index in [9.17, 15) is 0 Å². The van der Waals surface area contributed by atoms with Gasteiger partial charge in [-0.05, 0) is 53.9 Å². The van der Waals surface area contributed by atoms with Gasteiger partial charge in [-0.15, -0.1) is 0 Å². The molecule has 0 atom stereocenters. The number of hydrogen-bond acceptors (Lipinski definition) is 2. The Kier molecular flexibility index (Phi) is 3.75. The number of hydrogen-bond donors (Lipinski definition) is 0. The molecular weight excluding hydrogens is 296 g/mol. The summed E-state index contributed by atoms with van der Waals surface area (Å²) in [5.74, 6) is 0.917. The van der Waals surface area contributed by atoms with Crippen LogP contribution >= 0.6 is 0 Å². The summed E-state index contributed by atoms with van der Waals surface area (Å²) in [5, 5.41) is 0. The Labute approximate surface area is 141 Å². The molecule has 2 heterocycles. The van der Waals surface area contributed by atoms with Crippen LogP contribution in [-0.4, -0.2) is 9.38 Å². The normalized spacial score (nSPS) is 10.9. The molecule has 0 saturated carbocycles. The van der Waals surface area contributed by atoms with Crippen molar-refractivity contribution in [2.45, 2.75) is 13.5 Å². The molecule has 0 unspecified atom stereocenters. The molecule has 4 aromatic rings. The fraction of sp³-hybridized carbons (Fsp3) is 0.0952. The van der Waals surface area contributed by atoms with E-state index in [-0.39, 0.29) is 0 Å². The molecule has 0 bridgehead atoms. The van der Waals surface area contributed by atoms with Crippen LogP contribution in [0, 0.1) is 6.92 Å². The Bertz CT molecular complexity index is 973. The van der Waals surface area contributed by atoms with E-state index in [2.05, 4.69) is 46.6 Å². The van der Waals surface area contributed by atoms with Crippen LogP contribution in [0.15, 0.2) is 79.1 Å². The van der Waals surface area contributed by atoms with Gasteiger partial charge in [0.1, 0.15) is 18.0 Å². The summed E-state index contributed by atoms with van der Waals surface area (Å²) in [5.41, 5.74) is 5.53. The van der Waals surface area contributed by atoms with Crippen LogP contribution in [0.25, 0.3) is 16.9 Å². The topological polar surface area (TPSA) is 26.5 Å². The predicted octanol–water partition coefficient (Wildman–Crippen LogP) is 4.89. The lowest BCUT2D eigenvalue weighted by Gasteiger charge is -2.12. The monoisotopic (exact) mass is 314 g/mol. The van der Waals surface area contributed by atoms with Crippen molar-refractivity contribution < 1.29 is 4.74 Å². The maximum atomic E-state index is 5.97. The highest BCUT2D eigenvalue weighted by molar-refractivity contribution is 5.65. The third-order valence-corrected chi connectivity index (χ3v) is 4.14. The smallest absolute Gasteiger partial charge is 0.137 e. The molecule has 0 aliphatic heterocycles. The van der Waals surface area contributed by atoms with E-state index in [0.29, 0.717) is 6.61 Å². The molecule has 0 fully saturated rings. The van der Waals surface area contributed by atoms with Crippen LogP contribution in [0.3, 0.4) is 0 Å². The lowest BCUT2D eigenvalue weighted by Crippen LogP contribution is -1.97. The van der Waals surface area contributed by atoms with Crippen molar-refractivity contribution in [1.29, 1.82) is 0 Å². The molecule has 118 valence electrons. The Balaban J connectivity index is 1.61. The van der Waals surface area contributed by atoms with Gasteiger partial charge in [-0.2, -0.15) is 0 Å². The number of aryl methyl sites for hydroxylation is 1. The van der Waals surface area contributed by atoms with Crippen LogP contribution in [-0.2, 0) is 6.61 Å².